The van der Waals surface area contributed by atoms with Crippen molar-refractivity contribution in [3.8, 4) is 0 Å². The van der Waals surface area contributed by atoms with E-state index in [2.05, 4.69) is 17.2 Å². The van der Waals surface area contributed by atoms with Crippen LogP contribution in [-0.4, -0.2) is 38.1 Å². The molecule has 1 aromatic rings. The predicted octanol–water partition coefficient (Wildman–Crippen LogP) is 0.905. The van der Waals surface area contributed by atoms with Gasteiger partial charge in [0, 0.05) is 20.2 Å². The summed E-state index contributed by atoms with van der Waals surface area (Å²) in [5.41, 5.74) is 6.33. The smallest absolute Gasteiger partial charge is 0.253 e. The maximum absolute atomic E-state index is 12.0. The van der Waals surface area contributed by atoms with Crippen molar-refractivity contribution >= 4 is 17.5 Å². The van der Waals surface area contributed by atoms with Crippen LogP contribution in [-0.2, 0) is 9.53 Å². The van der Waals surface area contributed by atoms with Gasteiger partial charge in [-0.05, 0) is 12.1 Å². The van der Waals surface area contributed by atoms with Gasteiger partial charge in [0.2, 0.25) is 5.91 Å². The summed E-state index contributed by atoms with van der Waals surface area (Å²) in [6.45, 7) is 4.15. The van der Waals surface area contributed by atoms with E-state index in [1.807, 2.05) is 0 Å². The fraction of sp³-hybridized carbons (Fsp3) is 0.333. The van der Waals surface area contributed by atoms with Gasteiger partial charge in [0.05, 0.1) is 23.8 Å². The topological polar surface area (TPSA) is 93.5 Å². The Kier molecular flexibility index (Phi) is 7.14. The van der Waals surface area contributed by atoms with Crippen LogP contribution >= 0.6 is 0 Å². The fourth-order valence-electron chi connectivity index (χ4n) is 1.72. The molecule has 0 bridgehead atoms. The van der Waals surface area contributed by atoms with E-state index in [-0.39, 0.29) is 30.9 Å². The molecule has 2 amide bonds. The summed E-state index contributed by atoms with van der Waals surface area (Å²) in [6, 6.07) is 6.79. The highest BCUT2D eigenvalue weighted by atomic mass is 16.5. The number of carbonyl (C=O) groups is 2. The van der Waals surface area contributed by atoms with Crippen molar-refractivity contribution in [2.24, 2.45) is 5.73 Å². The van der Waals surface area contributed by atoms with E-state index >= 15 is 0 Å². The van der Waals surface area contributed by atoms with Gasteiger partial charge in [0.25, 0.3) is 5.91 Å². The normalized spacial score (nSPS) is 11.5. The van der Waals surface area contributed by atoms with E-state index in [0.29, 0.717) is 17.8 Å². The highest BCUT2D eigenvalue weighted by molar-refractivity contribution is 6.03. The third-order valence-corrected chi connectivity index (χ3v) is 2.86. The molecule has 21 heavy (non-hydrogen) atoms. The lowest BCUT2D eigenvalue weighted by atomic mass is 10.1. The summed E-state index contributed by atoms with van der Waals surface area (Å²) in [6.07, 6.45) is 1.38. The molecule has 0 heterocycles. The average Bonchev–Trinajstić information content (AvgIpc) is 2.50. The Morgan fingerprint density at radius 3 is 2.76 bits per heavy atom. The van der Waals surface area contributed by atoms with E-state index in [9.17, 15) is 9.59 Å². The first-order valence-corrected chi connectivity index (χ1v) is 6.63. The summed E-state index contributed by atoms with van der Waals surface area (Å²) in [4.78, 5) is 23.9. The number of rotatable bonds is 8. The molecule has 6 nitrogen and oxygen atoms in total. The molecule has 1 unspecified atom stereocenters. The second-order valence-electron chi connectivity index (χ2n) is 4.39. The molecular weight excluding hydrogens is 270 g/mol. The summed E-state index contributed by atoms with van der Waals surface area (Å²) >= 11 is 0. The highest BCUT2D eigenvalue weighted by Crippen LogP contribution is 2.15. The summed E-state index contributed by atoms with van der Waals surface area (Å²) in [5, 5.41) is 5.38. The lowest BCUT2D eigenvalue weighted by Gasteiger charge is -2.14. The molecule has 0 aliphatic heterocycles. The minimum absolute atomic E-state index is 0.135. The predicted molar refractivity (Wildman–Crippen MR) is 82.1 cm³/mol. The van der Waals surface area contributed by atoms with Gasteiger partial charge in [-0.1, -0.05) is 18.2 Å². The molecule has 1 rings (SSSR count). The molecule has 1 atom stereocenters. The zero-order valence-electron chi connectivity index (χ0n) is 12.1. The number of amides is 2. The standard InChI is InChI=1S/C15H21N3O3/c1-3-8-17-15(20)12-6-4-5-7-13(12)18-14(19)9-11(10-16)21-2/h3-7,11H,1,8-10,16H2,2H3,(H,17,20)(H,18,19). The molecule has 0 saturated heterocycles. The van der Waals surface area contributed by atoms with Crippen molar-refractivity contribution in [1.29, 1.82) is 0 Å². The molecular formula is C15H21N3O3. The van der Waals surface area contributed by atoms with Crippen LogP contribution in [0.4, 0.5) is 5.69 Å². The minimum Gasteiger partial charge on any atom is -0.380 e. The van der Waals surface area contributed by atoms with Gasteiger partial charge in [-0.25, -0.2) is 0 Å². The van der Waals surface area contributed by atoms with Gasteiger partial charge in [0.15, 0.2) is 0 Å². The number of anilines is 1. The van der Waals surface area contributed by atoms with E-state index in [1.165, 1.54) is 7.11 Å². The first-order valence-electron chi connectivity index (χ1n) is 6.63. The fourth-order valence-corrected chi connectivity index (χ4v) is 1.72. The molecule has 0 aromatic heterocycles. The largest absolute Gasteiger partial charge is 0.380 e. The average molecular weight is 291 g/mol. The Labute approximate surface area is 124 Å². The van der Waals surface area contributed by atoms with Crippen molar-refractivity contribution in [1.82, 2.24) is 5.32 Å². The highest BCUT2D eigenvalue weighted by Gasteiger charge is 2.15. The number of methoxy groups -OCH3 is 1. The molecule has 0 radical (unpaired) electrons. The SMILES string of the molecule is C=CCNC(=O)c1ccccc1NC(=O)CC(CN)OC. The van der Waals surface area contributed by atoms with Crippen molar-refractivity contribution in [2.45, 2.75) is 12.5 Å². The zero-order valence-corrected chi connectivity index (χ0v) is 12.1. The van der Waals surface area contributed by atoms with Gasteiger partial charge in [0.1, 0.15) is 0 Å². The zero-order chi connectivity index (χ0) is 15.7. The van der Waals surface area contributed by atoms with Gasteiger partial charge in [-0.3, -0.25) is 9.59 Å². The van der Waals surface area contributed by atoms with E-state index < -0.39 is 0 Å². The third kappa shape index (κ3) is 5.37. The van der Waals surface area contributed by atoms with Gasteiger partial charge in [-0.15, -0.1) is 6.58 Å². The molecule has 0 aliphatic rings. The summed E-state index contributed by atoms with van der Waals surface area (Å²) in [5.74, 6) is -0.524. The van der Waals surface area contributed by atoms with Crippen LogP contribution in [0.15, 0.2) is 36.9 Å². The van der Waals surface area contributed by atoms with Crippen LogP contribution in [0.25, 0.3) is 0 Å². The molecule has 4 N–H and O–H groups in total. The Bertz CT molecular complexity index is 499. The monoisotopic (exact) mass is 291 g/mol. The maximum Gasteiger partial charge on any atom is 0.253 e. The van der Waals surface area contributed by atoms with Crippen molar-refractivity contribution in [3.05, 3.63) is 42.5 Å². The number of carbonyl (C=O) groups excluding carboxylic acids is 2. The Balaban J connectivity index is 2.76. The van der Waals surface area contributed by atoms with Crippen LogP contribution in [0.3, 0.4) is 0 Å². The van der Waals surface area contributed by atoms with Crippen LogP contribution in [0.5, 0.6) is 0 Å². The van der Waals surface area contributed by atoms with Crippen LogP contribution in [0.2, 0.25) is 0 Å². The number of hydrogen-bond donors (Lipinski definition) is 3. The Hall–Kier alpha value is -2.18. The summed E-state index contributed by atoms with van der Waals surface area (Å²) in [7, 11) is 1.50. The quantitative estimate of drug-likeness (QED) is 0.620. The minimum atomic E-state index is -0.341. The third-order valence-electron chi connectivity index (χ3n) is 2.86. The molecule has 0 aliphatic carbocycles. The first kappa shape index (κ1) is 16.9. The number of nitrogens with one attached hydrogen (secondary N) is 2. The number of ether oxygens (including phenoxy) is 1. The second-order valence-corrected chi connectivity index (χ2v) is 4.39. The van der Waals surface area contributed by atoms with Crippen molar-refractivity contribution in [2.75, 3.05) is 25.5 Å². The Morgan fingerprint density at radius 2 is 2.14 bits per heavy atom. The van der Waals surface area contributed by atoms with Crippen LogP contribution in [0, 0.1) is 0 Å². The van der Waals surface area contributed by atoms with Crippen molar-refractivity contribution in [3.63, 3.8) is 0 Å². The van der Waals surface area contributed by atoms with Crippen LogP contribution in [0.1, 0.15) is 16.8 Å². The summed E-state index contributed by atoms with van der Waals surface area (Å²) < 4.78 is 5.06. The number of hydrogen-bond acceptors (Lipinski definition) is 4. The number of nitrogens with two attached hydrogens (primary N) is 1. The lowest BCUT2D eigenvalue weighted by Crippen LogP contribution is -2.29. The van der Waals surface area contributed by atoms with Crippen molar-refractivity contribution < 1.29 is 14.3 Å². The first-order chi connectivity index (χ1) is 10.1. The molecule has 0 spiro atoms. The van der Waals surface area contributed by atoms with Gasteiger partial charge >= 0.3 is 0 Å². The molecule has 1 aromatic carbocycles. The molecule has 114 valence electrons. The van der Waals surface area contributed by atoms with Gasteiger partial charge < -0.3 is 21.1 Å². The van der Waals surface area contributed by atoms with Crippen LogP contribution < -0.4 is 16.4 Å². The van der Waals surface area contributed by atoms with E-state index in [0.717, 1.165) is 0 Å². The number of para-hydroxylation sites is 1. The number of benzene rings is 1. The lowest BCUT2D eigenvalue weighted by molar-refractivity contribution is -0.118. The molecule has 6 heteroatoms. The Morgan fingerprint density at radius 1 is 1.43 bits per heavy atom. The molecule has 0 fully saturated rings. The van der Waals surface area contributed by atoms with E-state index in [1.54, 1.807) is 30.3 Å². The maximum atomic E-state index is 12.0. The van der Waals surface area contributed by atoms with E-state index in [4.69, 9.17) is 10.5 Å². The molecule has 0 saturated carbocycles. The second kappa shape index (κ2) is 8.89. The van der Waals surface area contributed by atoms with Gasteiger partial charge in [-0.2, -0.15) is 0 Å².